The third-order valence-corrected chi connectivity index (χ3v) is 3.16. The van der Waals surface area contributed by atoms with Crippen LogP contribution in [-0.4, -0.2) is 19.1 Å². The molecule has 3 rings (SSSR count). The van der Waals surface area contributed by atoms with Crippen LogP contribution in [0.5, 0.6) is 11.5 Å². The zero-order chi connectivity index (χ0) is 13.9. The Labute approximate surface area is 116 Å². The van der Waals surface area contributed by atoms with E-state index in [9.17, 15) is 4.79 Å². The average molecular weight is 273 g/mol. The van der Waals surface area contributed by atoms with E-state index >= 15 is 0 Å². The van der Waals surface area contributed by atoms with Gasteiger partial charge in [-0.05, 0) is 36.8 Å². The van der Waals surface area contributed by atoms with Crippen LogP contribution in [0.2, 0.25) is 0 Å². The van der Waals surface area contributed by atoms with Gasteiger partial charge in [-0.2, -0.15) is 0 Å². The number of carbonyl (C=O) groups is 1. The maximum absolute atomic E-state index is 11.9. The molecule has 0 aliphatic carbocycles. The van der Waals surface area contributed by atoms with Crippen LogP contribution in [0.25, 0.3) is 0 Å². The standard InChI is InChI=1S/C15H15NO4/c1-10(16-15(17)13-3-2-6-18-13)11-4-5-12-14(9-11)20-8-7-19-12/h2-6,9-10H,7-8H2,1H3,(H,16,17)/t10-/m1/s1. The third-order valence-electron chi connectivity index (χ3n) is 3.16. The number of hydrogen-bond acceptors (Lipinski definition) is 4. The molecule has 1 aliphatic rings. The van der Waals surface area contributed by atoms with Gasteiger partial charge in [0.2, 0.25) is 0 Å². The molecule has 2 aromatic rings. The Kier molecular flexibility index (Phi) is 3.33. The number of amides is 1. The van der Waals surface area contributed by atoms with E-state index in [4.69, 9.17) is 13.9 Å². The number of hydrogen-bond donors (Lipinski definition) is 1. The second-order valence-corrected chi connectivity index (χ2v) is 4.58. The van der Waals surface area contributed by atoms with E-state index in [1.54, 1.807) is 12.1 Å². The van der Waals surface area contributed by atoms with E-state index in [0.29, 0.717) is 24.7 Å². The predicted octanol–water partition coefficient (Wildman–Crippen LogP) is 2.54. The number of carbonyl (C=O) groups excluding carboxylic acids is 1. The summed E-state index contributed by atoms with van der Waals surface area (Å²) in [5.41, 5.74) is 0.953. The first-order valence-corrected chi connectivity index (χ1v) is 6.48. The minimum Gasteiger partial charge on any atom is -0.486 e. The fourth-order valence-corrected chi connectivity index (χ4v) is 2.09. The molecule has 1 aromatic heterocycles. The molecular weight excluding hydrogens is 258 g/mol. The summed E-state index contributed by atoms with van der Waals surface area (Å²) in [5.74, 6) is 1.52. The Morgan fingerprint density at radius 1 is 1.20 bits per heavy atom. The summed E-state index contributed by atoms with van der Waals surface area (Å²) in [6, 6.07) is 8.83. The molecule has 104 valence electrons. The molecule has 1 aromatic carbocycles. The van der Waals surface area contributed by atoms with Crippen LogP contribution in [0.3, 0.4) is 0 Å². The molecular formula is C15H15NO4. The number of rotatable bonds is 3. The fraction of sp³-hybridized carbons (Fsp3) is 0.267. The maximum atomic E-state index is 11.9. The lowest BCUT2D eigenvalue weighted by atomic mass is 10.1. The largest absolute Gasteiger partial charge is 0.486 e. The summed E-state index contributed by atoms with van der Waals surface area (Å²) in [7, 11) is 0. The van der Waals surface area contributed by atoms with Gasteiger partial charge in [0.1, 0.15) is 13.2 Å². The Bertz CT molecular complexity index is 606. The van der Waals surface area contributed by atoms with Crippen LogP contribution in [0.4, 0.5) is 0 Å². The highest BCUT2D eigenvalue weighted by Crippen LogP contribution is 2.32. The predicted molar refractivity (Wildman–Crippen MR) is 72.0 cm³/mol. The fourth-order valence-electron chi connectivity index (χ4n) is 2.09. The van der Waals surface area contributed by atoms with E-state index in [1.165, 1.54) is 6.26 Å². The van der Waals surface area contributed by atoms with E-state index in [1.807, 2.05) is 25.1 Å². The van der Waals surface area contributed by atoms with Crippen LogP contribution in [0.1, 0.15) is 29.1 Å². The Morgan fingerprint density at radius 2 is 2.00 bits per heavy atom. The molecule has 1 N–H and O–H groups in total. The van der Waals surface area contributed by atoms with Gasteiger partial charge in [-0.3, -0.25) is 4.79 Å². The summed E-state index contributed by atoms with van der Waals surface area (Å²) >= 11 is 0. The highest BCUT2D eigenvalue weighted by Gasteiger charge is 2.17. The molecule has 1 atom stereocenters. The molecule has 0 unspecified atom stereocenters. The summed E-state index contributed by atoms with van der Waals surface area (Å²) in [6.07, 6.45) is 1.48. The summed E-state index contributed by atoms with van der Waals surface area (Å²) in [5, 5.41) is 2.88. The Morgan fingerprint density at radius 3 is 2.75 bits per heavy atom. The number of benzene rings is 1. The van der Waals surface area contributed by atoms with Crippen molar-refractivity contribution in [2.45, 2.75) is 13.0 Å². The smallest absolute Gasteiger partial charge is 0.287 e. The summed E-state index contributed by atoms with van der Waals surface area (Å²) in [6.45, 7) is 3.02. The van der Waals surface area contributed by atoms with Crippen molar-refractivity contribution < 1.29 is 18.7 Å². The van der Waals surface area contributed by atoms with Crippen molar-refractivity contribution in [2.75, 3.05) is 13.2 Å². The second-order valence-electron chi connectivity index (χ2n) is 4.58. The molecule has 0 spiro atoms. The lowest BCUT2D eigenvalue weighted by Crippen LogP contribution is -2.26. The van der Waals surface area contributed by atoms with Gasteiger partial charge in [-0.1, -0.05) is 6.07 Å². The number of nitrogens with one attached hydrogen (secondary N) is 1. The molecule has 1 amide bonds. The van der Waals surface area contributed by atoms with Gasteiger partial charge in [0.15, 0.2) is 17.3 Å². The zero-order valence-corrected chi connectivity index (χ0v) is 11.1. The molecule has 5 nitrogen and oxygen atoms in total. The molecule has 20 heavy (non-hydrogen) atoms. The van der Waals surface area contributed by atoms with Gasteiger partial charge in [0.05, 0.1) is 12.3 Å². The molecule has 1 aliphatic heterocycles. The first-order valence-electron chi connectivity index (χ1n) is 6.48. The quantitative estimate of drug-likeness (QED) is 0.933. The molecule has 5 heteroatoms. The van der Waals surface area contributed by atoms with E-state index < -0.39 is 0 Å². The maximum Gasteiger partial charge on any atom is 0.287 e. The van der Waals surface area contributed by atoms with E-state index in [2.05, 4.69) is 5.32 Å². The monoisotopic (exact) mass is 273 g/mol. The van der Waals surface area contributed by atoms with E-state index in [0.717, 1.165) is 11.3 Å². The normalized spacial score (nSPS) is 14.7. The van der Waals surface area contributed by atoms with Crippen molar-refractivity contribution in [3.8, 4) is 11.5 Å². The van der Waals surface area contributed by atoms with Crippen molar-refractivity contribution in [1.82, 2.24) is 5.32 Å². The van der Waals surface area contributed by atoms with Crippen LogP contribution in [0, 0.1) is 0 Å². The second kappa shape index (κ2) is 5.28. The lowest BCUT2D eigenvalue weighted by molar-refractivity contribution is 0.0911. The van der Waals surface area contributed by atoms with Gasteiger partial charge in [0.25, 0.3) is 5.91 Å². The topological polar surface area (TPSA) is 60.7 Å². The van der Waals surface area contributed by atoms with Gasteiger partial charge in [-0.25, -0.2) is 0 Å². The van der Waals surface area contributed by atoms with Gasteiger partial charge in [0, 0.05) is 0 Å². The summed E-state index contributed by atoms with van der Waals surface area (Å²) < 4.78 is 16.1. The van der Waals surface area contributed by atoms with Crippen LogP contribution < -0.4 is 14.8 Å². The minimum absolute atomic E-state index is 0.150. The first-order chi connectivity index (χ1) is 9.74. The van der Waals surface area contributed by atoms with Crippen LogP contribution >= 0.6 is 0 Å². The highest BCUT2D eigenvalue weighted by molar-refractivity contribution is 5.91. The van der Waals surface area contributed by atoms with Gasteiger partial charge >= 0.3 is 0 Å². The van der Waals surface area contributed by atoms with Crippen molar-refractivity contribution in [2.24, 2.45) is 0 Å². The Hall–Kier alpha value is -2.43. The average Bonchev–Trinajstić information content (AvgIpc) is 3.01. The van der Waals surface area contributed by atoms with Crippen LogP contribution in [0.15, 0.2) is 41.0 Å². The molecule has 0 radical (unpaired) electrons. The Balaban J connectivity index is 1.74. The molecule has 0 saturated carbocycles. The van der Waals surface area contributed by atoms with Crippen molar-refractivity contribution >= 4 is 5.91 Å². The van der Waals surface area contributed by atoms with Crippen molar-refractivity contribution in [3.05, 3.63) is 47.9 Å². The minimum atomic E-state index is -0.239. The van der Waals surface area contributed by atoms with Gasteiger partial charge < -0.3 is 19.2 Å². The third kappa shape index (κ3) is 2.47. The van der Waals surface area contributed by atoms with Crippen molar-refractivity contribution in [3.63, 3.8) is 0 Å². The van der Waals surface area contributed by atoms with Gasteiger partial charge in [-0.15, -0.1) is 0 Å². The van der Waals surface area contributed by atoms with Crippen molar-refractivity contribution in [1.29, 1.82) is 0 Å². The number of furan rings is 1. The van der Waals surface area contributed by atoms with Crippen LogP contribution in [-0.2, 0) is 0 Å². The van der Waals surface area contributed by atoms with E-state index in [-0.39, 0.29) is 11.9 Å². The molecule has 0 saturated heterocycles. The highest BCUT2D eigenvalue weighted by atomic mass is 16.6. The first kappa shape index (κ1) is 12.6. The number of ether oxygens (including phenoxy) is 2. The number of fused-ring (bicyclic) bond motifs is 1. The molecule has 0 bridgehead atoms. The lowest BCUT2D eigenvalue weighted by Gasteiger charge is -2.20. The molecule has 2 heterocycles. The SMILES string of the molecule is C[C@@H](NC(=O)c1ccco1)c1ccc2c(c1)OCCO2. The molecule has 0 fully saturated rings. The zero-order valence-electron chi connectivity index (χ0n) is 11.1. The summed E-state index contributed by atoms with van der Waals surface area (Å²) in [4.78, 5) is 11.9.